The first-order valence-corrected chi connectivity index (χ1v) is 9.77. The maximum atomic E-state index is 12.8. The molecule has 5 heteroatoms. The van der Waals surface area contributed by atoms with Gasteiger partial charge in [0.05, 0.1) is 5.56 Å². The molecule has 1 atom stereocenters. The number of hydrogen-bond donors (Lipinski definition) is 2. The molecule has 3 aromatic rings. The van der Waals surface area contributed by atoms with Crippen LogP contribution < -0.4 is 15.4 Å². The Morgan fingerprint density at radius 3 is 2.68 bits per heavy atom. The quantitative estimate of drug-likeness (QED) is 0.576. The Morgan fingerprint density at radius 1 is 1.18 bits per heavy atom. The average molecular weight is 380 g/mol. The van der Waals surface area contributed by atoms with Crippen molar-refractivity contribution in [2.24, 2.45) is 0 Å². The second kappa shape index (κ2) is 9.42. The number of rotatable bonds is 9. The number of furan rings is 1. The SMILES string of the molecule is CCCC(CNC(=O)c1c(C)oc2ccc(OCc3ccccc3)cc12)NC. The van der Waals surface area contributed by atoms with Crippen LogP contribution in [-0.2, 0) is 6.61 Å². The molecule has 0 aliphatic heterocycles. The first-order valence-electron chi connectivity index (χ1n) is 9.77. The van der Waals surface area contributed by atoms with Crippen molar-refractivity contribution in [2.45, 2.75) is 39.3 Å². The number of hydrogen-bond acceptors (Lipinski definition) is 4. The normalized spacial score (nSPS) is 12.1. The molecule has 0 radical (unpaired) electrons. The Hall–Kier alpha value is -2.79. The third kappa shape index (κ3) is 4.73. The molecule has 3 rings (SSSR count). The Kier molecular flexibility index (Phi) is 6.71. The molecule has 2 N–H and O–H groups in total. The summed E-state index contributed by atoms with van der Waals surface area (Å²) in [5.74, 6) is 1.21. The lowest BCUT2D eigenvalue weighted by Crippen LogP contribution is -2.39. The maximum Gasteiger partial charge on any atom is 0.255 e. The van der Waals surface area contributed by atoms with Crippen molar-refractivity contribution in [1.82, 2.24) is 10.6 Å². The van der Waals surface area contributed by atoms with Gasteiger partial charge in [0, 0.05) is 18.0 Å². The lowest BCUT2D eigenvalue weighted by Gasteiger charge is -2.15. The van der Waals surface area contributed by atoms with Gasteiger partial charge in [-0.25, -0.2) is 0 Å². The van der Waals surface area contributed by atoms with Gasteiger partial charge >= 0.3 is 0 Å². The fourth-order valence-electron chi connectivity index (χ4n) is 3.31. The highest BCUT2D eigenvalue weighted by atomic mass is 16.5. The van der Waals surface area contributed by atoms with Crippen molar-refractivity contribution in [1.29, 1.82) is 0 Å². The zero-order valence-corrected chi connectivity index (χ0v) is 16.7. The number of fused-ring (bicyclic) bond motifs is 1. The molecule has 0 saturated carbocycles. The van der Waals surface area contributed by atoms with Gasteiger partial charge in [-0.2, -0.15) is 0 Å². The van der Waals surface area contributed by atoms with Gasteiger partial charge in [-0.1, -0.05) is 43.7 Å². The summed E-state index contributed by atoms with van der Waals surface area (Å²) < 4.78 is 11.7. The third-order valence-electron chi connectivity index (χ3n) is 4.87. The van der Waals surface area contributed by atoms with Gasteiger partial charge in [0.2, 0.25) is 0 Å². The van der Waals surface area contributed by atoms with Gasteiger partial charge in [-0.15, -0.1) is 0 Å². The van der Waals surface area contributed by atoms with Gasteiger partial charge in [0.15, 0.2) is 0 Å². The molecular weight excluding hydrogens is 352 g/mol. The van der Waals surface area contributed by atoms with E-state index < -0.39 is 0 Å². The summed E-state index contributed by atoms with van der Waals surface area (Å²) >= 11 is 0. The van der Waals surface area contributed by atoms with E-state index in [0.717, 1.165) is 23.8 Å². The zero-order valence-electron chi connectivity index (χ0n) is 16.7. The van der Waals surface area contributed by atoms with Crippen molar-refractivity contribution < 1.29 is 13.9 Å². The van der Waals surface area contributed by atoms with Crippen LogP contribution >= 0.6 is 0 Å². The molecule has 0 bridgehead atoms. The number of amides is 1. The lowest BCUT2D eigenvalue weighted by atomic mass is 10.1. The summed E-state index contributed by atoms with van der Waals surface area (Å²) in [6.07, 6.45) is 2.08. The molecule has 2 aromatic carbocycles. The number of nitrogens with one attached hydrogen (secondary N) is 2. The van der Waals surface area contributed by atoms with E-state index in [-0.39, 0.29) is 11.9 Å². The standard InChI is InChI=1S/C23H28N2O3/c1-4-8-18(24-3)14-25-23(26)22-16(2)28-21-12-11-19(13-20(21)22)27-15-17-9-6-5-7-10-17/h5-7,9-13,18,24H,4,8,14-15H2,1-3H3,(H,25,26). The molecule has 0 aliphatic carbocycles. The summed E-state index contributed by atoms with van der Waals surface area (Å²) in [5, 5.41) is 7.04. The Labute approximate surface area is 166 Å². The smallest absolute Gasteiger partial charge is 0.255 e. The number of ether oxygens (including phenoxy) is 1. The Balaban J connectivity index is 1.76. The molecule has 0 aliphatic rings. The number of carbonyl (C=O) groups excluding carboxylic acids is 1. The first kappa shape index (κ1) is 20.0. The highest BCUT2D eigenvalue weighted by Gasteiger charge is 2.19. The van der Waals surface area contributed by atoms with Crippen LogP contribution in [0.25, 0.3) is 11.0 Å². The highest BCUT2D eigenvalue weighted by molar-refractivity contribution is 6.07. The van der Waals surface area contributed by atoms with Crippen LogP contribution in [0.5, 0.6) is 5.75 Å². The van der Waals surface area contributed by atoms with Crippen molar-refractivity contribution >= 4 is 16.9 Å². The van der Waals surface area contributed by atoms with Crippen LogP contribution in [0.2, 0.25) is 0 Å². The molecule has 5 nitrogen and oxygen atoms in total. The Morgan fingerprint density at radius 2 is 1.96 bits per heavy atom. The van der Waals surface area contributed by atoms with E-state index in [1.54, 1.807) is 0 Å². The number of aryl methyl sites for hydroxylation is 1. The van der Waals surface area contributed by atoms with Crippen molar-refractivity contribution in [3.05, 3.63) is 65.4 Å². The lowest BCUT2D eigenvalue weighted by molar-refractivity contribution is 0.0949. The van der Waals surface area contributed by atoms with E-state index in [2.05, 4.69) is 17.6 Å². The second-order valence-corrected chi connectivity index (χ2v) is 6.95. The summed E-state index contributed by atoms with van der Waals surface area (Å²) in [6, 6.07) is 15.9. The van der Waals surface area contributed by atoms with Gasteiger partial charge in [-0.05, 0) is 44.2 Å². The summed E-state index contributed by atoms with van der Waals surface area (Å²) in [6.45, 7) is 5.02. The van der Waals surface area contributed by atoms with Crippen LogP contribution in [0, 0.1) is 6.92 Å². The fourth-order valence-corrected chi connectivity index (χ4v) is 3.31. The minimum absolute atomic E-state index is 0.118. The van der Waals surface area contributed by atoms with Crippen LogP contribution in [0.15, 0.2) is 52.9 Å². The van der Waals surface area contributed by atoms with Crippen LogP contribution in [0.3, 0.4) is 0 Å². The molecular formula is C23H28N2O3. The molecule has 28 heavy (non-hydrogen) atoms. The third-order valence-corrected chi connectivity index (χ3v) is 4.87. The highest BCUT2D eigenvalue weighted by Crippen LogP contribution is 2.29. The topological polar surface area (TPSA) is 63.5 Å². The van der Waals surface area contributed by atoms with E-state index in [1.165, 1.54) is 0 Å². The minimum Gasteiger partial charge on any atom is -0.489 e. The number of benzene rings is 2. The van der Waals surface area contributed by atoms with E-state index in [0.29, 0.717) is 35.8 Å². The molecule has 1 unspecified atom stereocenters. The summed E-state index contributed by atoms with van der Waals surface area (Å²) in [7, 11) is 1.92. The van der Waals surface area contributed by atoms with Gasteiger partial charge < -0.3 is 19.8 Å². The van der Waals surface area contributed by atoms with Crippen LogP contribution in [0.4, 0.5) is 0 Å². The monoisotopic (exact) mass is 380 g/mol. The molecule has 0 spiro atoms. The molecule has 0 saturated heterocycles. The minimum atomic E-state index is -0.118. The predicted octanol–water partition coefficient (Wildman–Crippen LogP) is 4.44. The second-order valence-electron chi connectivity index (χ2n) is 6.95. The van der Waals surface area contributed by atoms with Gasteiger partial charge in [-0.3, -0.25) is 4.79 Å². The molecule has 1 aromatic heterocycles. The van der Waals surface area contributed by atoms with Gasteiger partial charge in [0.1, 0.15) is 23.7 Å². The zero-order chi connectivity index (χ0) is 19.9. The van der Waals surface area contributed by atoms with Gasteiger partial charge in [0.25, 0.3) is 5.91 Å². The number of carbonyl (C=O) groups is 1. The Bertz CT molecular complexity index is 918. The van der Waals surface area contributed by atoms with Crippen molar-refractivity contribution in [3.8, 4) is 5.75 Å². The molecule has 1 heterocycles. The van der Waals surface area contributed by atoms with Crippen molar-refractivity contribution in [2.75, 3.05) is 13.6 Å². The average Bonchev–Trinajstić information content (AvgIpc) is 3.05. The fraction of sp³-hybridized carbons (Fsp3) is 0.348. The molecule has 1 amide bonds. The first-order chi connectivity index (χ1) is 13.6. The van der Waals surface area contributed by atoms with Crippen LogP contribution in [0.1, 0.15) is 41.4 Å². The van der Waals surface area contributed by atoms with E-state index in [4.69, 9.17) is 9.15 Å². The summed E-state index contributed by atoms with van der Waals surface area (Å²) in [4.78, 5) is 12.8. The van der Waals surface area contributed by atoms with Crippen LogP contribution in [-0.4, -0.2) is 25.5 Å². The van der Waals surface area contributed by atoms with Crippen molar-refractivity contribution in [3.63, 3.8) is 0 Å². The van der Waals surface area contributed by atoms with E-state index >= 15 is 0 Å². The molecule has 0 fully saturated rings. The number of likely N-dealkylation sites (N-methyl/N-ethyl adjacent to an activating group) is 1. The largest absolute Gasteiger partial charge is 0.489 e. The molecule has 148 valence electrons. The maximum absolute atomic E-state index is 12.8. The predicted molar refractivity (Wildman–Crippen MR) is 112 cm³/mol. The summed E-state index contributed by atoms with van der Waals surface area (Å²) in [5.41, 5.74) is 2.36. The van der Waals surface area contributed by atoms with E-state index in [9.17, 15) is 4.79 Å². The van der Waals surface area contributed by atoms with E-state index in [1.807, 2.05) is 62.5 Å².